The standard InChI is InChI=1S/C15H22N4O2/c1-12-3-2-4-19(11-12)14-10-16-13(9-17-14)15(20)18-5-7-21-8-6-18/h9-10,12H,2-8,11H2,1H3. The number of hydrogen-bond acceptors (Lipinski definition) is 5. The van der Waals surface area contributed by atoms with Crippen LogP contribution in [0.15, 0.2) is 12.4 Å². The van der Waals surface area contributed by atoms with Gasteiger partial charge in [-0.25, -0.2) is 9.97 Å². The van der Waals surface area contributed by atoms with Gasteiger partial charge in [0.25, 0.3) is 5.91 Å². The molecule has 1 aromatic rings. The fourth-order valence-corrected chi connectivity index (χ4v) is 2.92. The molecule has 0 spiro atoms. The van der Waals surface area contributed by atoms with Crippen LogP contribution in [0.5, 0.6) is 0 Å². The molecule has 3 heterocycles. The van der Waals surface area contributed by atoms with Gasteiger partial charge < -0.3 is 14.5 Å². The minimum Gasteiger partial charge on any atom is -0.378 e. The van der Waals surface area contributed by atoms with Crippen molar-refractivity contribution >= 4 is 11.7 Å². The maximum atomic E-state index is 12.3. The molecule has 3 rings (SSSR count). The highest BCUT2D eigenvalue weighted by molar-refractivity contribution is 5.92. The van der Waals surface area contributed by atoms with Crippen LogP contribution in [-0.2, 0) is 4.74 Å². The average Bonchev–Trinajstić information content (AvgIpc) is 2.55. The van der Waals surface area contributed by atoms with Crippen LogP contribution in [0.3, 0.4) is 0 Å². The van der Waals surface area contributed by atoms with E-state index in [2.05, 4.69) is 21.8 Å². The van der Waals surface area contributed by atoms with Crippen molar-refractivity contribution in [1.82, 2.24) is 14.9 Å². The molecule has 1 amide bonds. The molecule has 1 aromatic heterocycles. The average molecular weight is 290 g/mol. The summed E-state index contributed by atoms with van der Waals surface area (Å²) in [6.45, 7) is 6.76. The number of piperidine rings is 1. The molecular formula is C15H22N4O2. The van der Waals surface area contributed by atoms with E-state index in [0.717, 1.165) is 18.9 Å². The van der Waals surface area contributed by atoms with Crippen molar-refractivity contribution in [1.29, 1.82) is 0 Å². The second-order valence-electron chi connectivity index (χ2n) is 5.86. The Morgan fingerprint density at radius 2 is 2.05 bits per heavy atom. The molecule has 2 fully saturated rings. The Morgan fingerprint density at radius 3 is 2.71 bits per heavy atom. The van der Waals surface area contributed by atoms with Gasteiger partial charge in [-0.3, -0.25) is 4.79 Å². The zero-order valence-corrected chi connectivity index (χ0v) is 12.5. The van der Waals surface area contributed by atoms with Crippen LogP contribution in [0.25, 0.3) is 0 Å². The second-order valence-corrected chi connectivity index (χ2v) is 5.86. The molecule has 0 radical (unpaired) electrons. The van der Waals surface area contributed by atoms with Gasteiger partial charge in [-0.1, -0.05) is 6.92 Å². The summed E-state index contributed by atoms with van der Waals surface area (Å²) < 4.78 is 5.26. The SMILES string of the molecule is CC1CCCN(c2cnc(C(=O)N3CCOCC3)cn2)C1. The van der Waals surface area contributed by atoms with Crippen LogP contribution in [0, 0.1) is 5.92 Å². The van der Waals surface area contributed by atoms with Gasteiger partial charge in [0.2, 0.25) is 0 Å². The second kappa shape index (κ2) is 6.39. The van der Waals surface area contributed by atoms with E-state index >= 15 is 0 Å². The molecular weight excluding hydrogens is 268 g/mol. The number of morpholine rings is 1. The molecule has 0 saturated carbocycles. The predicted octanol–water partition coefficient (Wildman–Crippen LogP) is 1.19. The first-order chi connectivity index (χ1) is 10.2. The highest BCUT2D eigenvalue weighted by Crippen LogP contribution is 2.20. The van der Waals surface area contributed by atoms with Crippen LogP contribution in [0.1, 0.15) is 30.3 Å². The van der Waals surface area contributed by atoms with Crippen LogP contribution < -0.4 is 4.90 Å². The Balaban J connectivity index is 1.67. The molecule has 2 aliphatic heterocycles. The molecule has 2 aliphatic rings. The van der Waals surface area contributed by atoms with Crippen LogP contribution >= 0.6 is 0 Å². The highest BCUT2D eigenvalue weighted by Gasteiger charge is 2.21. The minimum atomic E-state index is -0.0515. The number of amides is 1. The molecule has 6 heteroatoms. The van der Waals surface area contributed by atoms with Crippen molar-refractivity contribution in [3.63, 3.8) is 0 Å². The van der Waals surface area contributed by atoms with Gasteiger partial charge >= 0.3 is 0 Å². The van der Waals surface area contributed by atoms with Crippen LogP contribution in [0.2, 0.25) is 0 Å². The van der Waals surface area contributed by atoms with E-state index in [1.807, 2.05) is 0 Å². The summed E-state index contributed by atoms with van der Waals surface area (Å²) in [7, 11) is 0. The van der Waals surface area contributed by atoms with Gasteiger partial charge in [-0.2, -0.15) is 0 Å². The molecule has 0 bridgehead atoms. The van der Waals surface area contributed by atoms with Gasteiger partial charge in [0.1, 0.15) is 11.5 Å². The first kappa shape index (κ1) is 14.3. The summed E-state index contributed by atoms with van der Waals surface area (Å²) in [6.07, 6.45) is 5.80. The zero-order valence-electron chi connectivity index (χ0n) is 12.5. The molecule has 2 saturated heterocycles. The lowest BCUT2D eigenvalue weighted by Crippen LogP contribution is -2.41. The lowest BCUT2D eigenvalue weighted by atomic mass is 10.0. The maximum absolute atomic E-state index is 12.3. The van der Waals surface area contributed by atoms with Gasteiger partial charge in [0.15, 0.2) is 0 Å². The summed E-state index contributed by atoms with van der Waals surface area (Å²) in [5.74, 6) is 1.51. The Kier molecular flexibility index (Phi) is 4.34. The summed E-state index contributed by atoms with van der Waals surface area (Å²) >= 11 is 0. The van der Waals surface area contributed by atoms with Gasteiger partial charge in [-0.05, 0) is 18.8 Å². The molecule has 1 atom stereocenters. The van der Waals surface area contributed by atoms with E-state index in [-0.39, 0.29) is 5.91 Å². The third-order valence-corrected chi connectivity index (χ3v) is 4.14. The molecule has 21 heavy (non-hydrogen) atoms. The van der Waals surface area contributed by atoms with Crippen LogP contribution in [-0.4, -0.2) is 60.2 Å². The summed E-state index contributed by atoms with van der Waals surface area (Å²) in [6, 6.07) is 0. The number of nitrogens with zero attached hydrogens (tertiary/aromatic N) is 4. The van der Waals surface area contributed by atoms with Gasteiger partial charge in [0.05, 0.1) is 25.6 Å². The molecule has 6 nitrogen and oxygen atoms in total. The van der Waals surface area contributed by atoms with Crippen molar-refractivity contribution in [2.24, 2.45) is 5.92 Å². The summed E-state index contributed by atoms with van der Waals surface area (Å²) in [4.78, 5) is 25.1. The lowest BCUT2D eigenvalue weighted by molar-refractivity contribution is 0.0298. The van der Waals surface area contributed by atoms with Crippen molar-refractivity contribution in [2.75, 3.05) is 44.3 Å². The van der Waals surface area contributed by atoms with E-state index in [1.54, 1.807) is 17.3 Å². The first-order valence-corrected chi connectivity index (χ1v) is 7.68. The van der Waals surface area contributed by atoms with E-state index in [9.17, 15) is 4.79 Å². The third-order valence-electron chi connectivity index (χ3n) is 4.14. The van der Waals surface area contributed by atoms with E-state index in [1.165, 1.54) is 12.8 Å². The minimum absolute atomic E-state index is 0.0515. The van der Waals surface area contributed by atoms with E-state index in [0.29, 0.717) is 37.9 Å². The molecule has 0 N–H and O–H groups in total. The number of aromatic nitrogens is 2. The van der Waals surface area contributed by atoms with Gasteiger partial charge in [-0.15, -0.1) is 0 Å². The quantitative estimate of drug-likeness (QED) is 0.819. The molecule has 114 valence electrons. The van der Waals surface area contributed by atoms with E-state index < -0.39 is 0 Å². The molecule has 0 aliphatic carbocycles. The smallest absolute Gasteiger partial charge is 0.274 e. The van der Waals surface area contributed by atoms with Crippen molar-refractivity contribution in [2.45, 2.75) is 19.8 Å². The number of hydrogen-bond donors (Lipinski definition) is 0. The Labute approximate surface area is 125 Å². The number of anilines is 1. The summed E-state index contributed by atoms with van der Waals surface area (Å²) in [5.41, 5.74) is 0.422. The molecule has 0 aromatic carbocycles. The molecule has 1 unspecified atom stereocenters. The predicted molar refractivity (Wildman–Crippen MR) is 79.4 cm³/mol. The van der Waals surface area contributed by atoms with Crippen LogP contribution in [0.4, 0.5) is 5.82 Å². The number of rotatable bonds is 2. The third kappa shape index (κ3) is 3.32. The van der Waals surface area contributed by atoms with Crippen molar-refractivity contribution in [3.8, 4) is 0 Å². The van der Waals surface area contributed by atoms with Gasteiger partial charge in [0, 0.05) is 26.2 Å². The first-order valence-electron chi connectivity index (χ1n) is 7.68. The normalized spacial score (nSPS) is 23.2. The lowest BCUT2D eigenvalue weighted by Gasteiger charge is -2.31. The maximum Gasteiger partial charge on any atom is 0.274 e. The Hall–Kier alpha value is -1.69. The van der Waals surface area contributed by atoms with E-state index in [4.69, 9.17) is 4.74 Å². The van der Waals surface area contributed by atoms with Crippen molar-refractivity contribution in [3.05, 3.63) is 18.1 Å². The zero-order chi connectivity index (χ0) is 14.7. The fourth-order valence-electron chi connectivity index (χ4n) is 2.92. The largest absolute Gasteiger partial charge is 0.378 e. The number of carbonyl (C=O) groups is 1. The summed E-state index contributed by atoms with van der Waals surface area (Å²) in [5, 5.41) is 0. The fraction of sp³-hybridized carbons (Fsp3) is 0.667. The topological polar surface area (TPSA) is 58.6 Å². The van der Waals surface area contributed by atoms with Crippen molar-refractivity contribution < 1.29 is 9.53 Å². The number of carbonyl (C=O) groups excluding carboxylic acids is 1. The number of ether oxygens (including phenoxy) is 1. The highest BCUT2D eigenvalue weighted by atomic mass is 16.5. The Bertz CT molecular complexity index is 485. The monoisotopic (exact) mass is 290 g/mol. The Morgan fingerprint density at radius 1 is 1.24 bits per heavy atom.